The van der Waals surface area contributed by atoms with E-state index in [4.69, 9.17) is 14.2 Å². The summed E-state index contributed by atoms with van der Waals surface area (Å²) < 4.78 is 18.6. The maximum Gasteiger partial charge on any atom is 0.272 e. The summed E-state index contributed by atoms with van der Waals surface area (Å²) in [4.78, 5) is 19.3. The van der Waals surface area contributed by atoms with Crippen LogP contribution in [-0.2, 0) is 4.74 Å². The summed E-state index contributed by atoms with van der Waals surface area (Å²) in [5.41, 5.74) is 2.22. The van der Waals surface area contributed by atoms with Gasteiger partial charge in [0.25, 0.3) is 5.91 Å². The van der Waals surface area contributed by atoms with E-state index in [-0.39, 0.29) is 17.6 Å². The number of amides is 1. The Hall–Kier alpha value is -2.60. The first-order valence-corrected chi connectivity index (χ1v) is 10.8. The minimum Gasteiger partial charge on any atom is -0.493 e. The zero-order valence-electron chi connectivity index (χ0n) is 17.6. The number of nitrogens with zero attached hydrogens (tertiary/aromatic N) is 2. The van der Waals surface area contributed by atoms with Crippen molar-refractivity contribution in [3.05, 3.63) is 53.3 Å². The molecule has 3 aliphatic heterocycles. The number of hydrogen-bond donors (Lipinski definition) is 0. The van der Waals surface area contributed by atoms with Gasteiger partial charge >= 0.3 is 0 Å². The molecule has 1 amide bonds. The van der Waals surface area contributed by atoms with Crippen LogP contribution in [0.4, 0.5) is 0 Å². The molecule has 3 aliphatic rings. The van der Waals surface area contributed by atoms with E-state index < -0.39 is 0 Å². The lowest BCUT2D eigenvalue weighted by Gasteiger charge is -2.53. The molecule has 6 nitrogen and oxygen atoms in total. The van der Waals surface area contributed by atoms with E-state index in [1.165, 1.54) is 0 Å². The lowest BCUT2D eigenvalue weighted by molar-refractivity contribution is -0.147. The third-order valence-electron chi connectivity index (χ3n) is 6.95. The van der Waals surface area contributed by atoms with Crippen LogP contribution < -0.4 is 9.47 Å². The maximum absolute atomic E-state index is 13.1. The van der Waals surface area contributed by atoms with E-state index in [9.17, 15) is 4.79 Å². The van der Waals surface area contributed by atoms with Crippen LogP contribution >= 0.6 is 0 Å². The molecule has 1 aromatic heterocycles. The minimum atomic E-state index is -0.331. The highest BCUT2D eigenvalue weighted by molar-refractivity contribution is 5.93. The molecule has 1 aromatic carbocycles. The summed E-state index contributed by atoms with van der Waals surface area (Å²) in [6, 6.07) is 9.84. The van der Waals surface area contributed by atoms with Crippen LogP contribution in [0.15, 0.2) is 36.5 Å². The van der Waals surface area contributed by atoms with Gasteiger partial charge in [-0.1, -0.05) is 18.2 Å². The molecule has 2 atom stereocenters. The Labute approximate surface area is 177 Å². The average Bonchev–Trinajstić information content (AvgIpc) is 2.79. The van der Waals surface area contributed by atoms with Crippen molar-refractivity contribution in [2.45, 2.75) is 44.3 Å². The number of carbonyl (C=O) groups is 1. The molecular formula is C24H28N2O4. The van der Waals surface area contributed by atoms with E-state index in [1.807, 2.05) is 36.1 Å². The van der Waals surface area contributed by atoms with E-state index in [2.05, 4.69) is 11.1 Å². The minimum absolute atomic E-state index is 0.00758. The molecule has 0 N–H and O–H groups in total. The van der Waals surface area contributed by atoms with Crippen molar-refractivity contribution in [1.29, 1.82) is 0 Å². The normalized spacial score (nSPS) is 24.5. The molecule has 0 bridgehead atoms. The average molecular weight is 408 g/mol. The molecule has 2 saturated heterocycles. The zero-order chi connectivity index (χ0) is 20.7. The van der Waals surface area contributed by atoms with Crippen LogP contribution in [-0.4, -0.2) is 48.2 Å². The number of piperidine rings is 1. The third-order valence-corrected chi connectivity index (χ3v) is 6.95. The van der Waals surface area contributed by atoms with Gasteiger partial charge in [0.1, 0.15) is 11.3 Å². The second-order valence-corrected chi connectivity index (χ2v) is 8.55. The van der Waals surface area contributed by atoms with Crippen LogP contribution in [0.3, 0.4) is 0 Å². The molecular weight excluding hydrogens is 380 g/mol. The zero-order valence-corrected chi connectivity index (χ0v) is 17.6. The van der Waals surface area contributed by atoms with Crippen molar-refractivity contribution in [3.8, 4) is 11.5 Å². The number of carbonyl (C=O) groups excluding carboxylic acids is 1. The summed E-state index contributed by atoms with van der Waals surface area (Å²) in [6.07, 6.45) is 5.40. The molecule has 0 radical (unpaired) electrons. The van der Waals surface area contributed by atoms with Gasteiger partial charge in [0.15, 0.2) is 11.5 Å². The number of aromatic nitrogens is 1. The Morgan fingerprint density at radius 2 is 2.07 bits per heavy atom. The van der Waals surface area contributed by atoms with Gasteiger partial charge < -0.3 is 19.1 Å². The topological polar surface area (TPSA) is 60.9 Å². The number of rotatable bonds is 2. The molecule has 158 valence electrons. The predicted molar refractivity (Wildman–Crippen MR) is 112 cm³/mol. The summed E-state index contributed by atoms with van der Waals surface area (Å²) in [5.74, 6) is 1.86. The second-order valence-electron chi connectivity index (χ2n) is 8.55. The number of fused-ring (bicyclic) bond motifs is 4. The van der Waals surface area contributed by atoms with Crippen LogP contribution in [0.25, 0.3) is 0 Å². The van der Waals surface area contributed by atoms with Gasteiger partial charge in [0.05, 0.1) is 13.2 Å². The van der Waals surface area contributed by atoms with Crippen LogP contribution in [0.2, 0.25) is 0 Å². The third kappa shape index (κ3) is 3.05. The van der Waals surface area contributed by atoms with Gasteiger partial charge in [0.2, 0.25) is 0 Å². The van der Waals surface area contributed by atoms with E-state index in [0.717, 1.165) is 54.9 Å². The van der Waals surface area contributed by atoms with Crippen molar-refractivity contribution in [3.63, 3.8) is 0 Å². The van der Waals surface area contributed by atoms with Gasteiger partial charge in [0, 0.05) is 50.2 Å². The van der Waals surface area contributed by atoms with Crippen molar-refractivity contribution >= 4 is 5.91 Å². The van der Waals surface area contributed by atoms with Gasteiger partial charge in [-0.05, 0) is 37.5 Å². The molecule has 4 heterocycles. The van der Waals surface area contributed by atoms with Gasteiger partial charge in [-0.25, -0.2) is 0 Å². The highest BCUT2D eigenvalue weighted by Gasteiger charge is 2.53. The summed E-state index contributed by atoms with van der Waals surface area (Å²) in [6.45, 7) is 4.02. The van der Waals surface area contributed by atoms with Crippen LogP contribution in [0.5, 0.6) is 11.5 Å². The molecule has 0 aliphatic carbocycles. The molecule has 0 saturated carbocycles. The van der Waals surface area contributed by atoms with Gasteiger partial charge in [-0.15, -0.1) is 0 Å². The number of ether oxygens (including phenoxy) is 3. The predicted octanol–water partition coefficient (Wildman–Crippen LogP) is 3.93. The lowest BCUT2D eigenvalue weighted by atomic mass is 9.70. The Kier molecular flexibility index (Phi) is 4.89. The fourth-order valence-corrected chi connectivity index (χ4v) is 5.35. The number of pyridine rings is 1. The fourth-order valence-electron chi connectivity index (χ4n) is 5.35. The van der Waals surface area contributed by atoms with Crippen molar-refractivity contribution in [2.75, 3.05) is 26.8 Å². The summed E-state index contributed by atoms with van der Waals surface area (Å²) in [7, 11) is 1.68. The van der Waals surface area contributed by atoms with Crippen LogP contribution in [0, 0.1) is 12.8 Å². The number of benzene rings is 1. The lowest BCUT2D eigenvalue weighted by Crippen LogP contribution is -2.58. The molecule has 5 rings (SSSR count). The fraction of sp³-hybridized carbons (Fsp3) is 0.500. The monoisotopic (exact) mass is 408 g/mol. The van der Waals surface area contributed by atoms with E-state index in [1.54, 1.807) is 13.3 Å². The number of aryl methyl sites for hydroxylation is 1. The highest BCUT2D eigenvalue weighted by atomic mass is 16.5. The van der Waals surface area contributed by atoms with E-state index >= 15 is 0 Å². The SMILES string of the molecule is COc1cccc2c1OC1(CCN(C(=O)c3ncccc3C)CC1)[C@H]1CCCO[C@H]21. The smallest absolute Gasteiger partial charge is 0.272 e. The number of para-hydroxylation sites is 1. The Morgan fingerprint density at radius 1 is 1.23 bits per heavy atom. The van der Waals surface area contributed by atoms with Crippen LogP contribution in [0.1, 0.15) is 53.4 Å². The molecule has 30 heavy (non-hydrogen) atoms. The summed E-state index contributed by atoms with van der Waals surface area (Å²) >= 11 is 0. The maximum atomic E-state index is 13.1. The van der Waals surface area contributed by atoms with Crippen molar-refractivity contribution < 1.29 is 19.0 Å². The largest absolute Gasteiger partial charge is 0.493 e. The van der Waals surface area contributed by atoms with Gasteiger partial charge in [-0.3, -0.25) is 9.78 Å². The second kappa shape index (κ2) is 7.58. The Bertz CT molecular complexity index is 952. The first kappa shape index (κ1) is 19.4. The highest BCUT2D eigenvalue weighted by Crippen LogP contribution is 2.55. The summed E-state index contributed by atoms with van der Waals surface area (Å²) in [5, 5.41) is 0. The standard InChI is InChI=1S/C24H28N2O4/c1-16-6-4-12-25-20(16)23(27)26-13-10-24(11-14-26)18-8-5-15-29-21(18)17-7-3-9-19(28-2)22(17)30-24/h3-4,6-7,9,12,18,21H,5,8,10-11,13-15H2,1-2H3/t18-,21+/m0/s1. The van der Waals surface area contributed by atoms with E-state index in [0.29, 0.717) is 24.7 Å². The molecule has 6 heteroatoms. The molecule has 1 spiro atoms. The van der Waals surface area contributed by atoms with Crippen molar-refractivity contribution in [2.24, 2.45) is 5.92 Å². The Morgan fingerprint density at radius 3 is 2.83 bits per heavy atom. The first-order valence-electron chi connectivity index (χ1n) is 10.8. The quantitative estimate of drug-likeness (QED) is 0.753. The molecule has 2 fully saturated rings. The van der Waals surface area contributed by atoms with Gasteiger partial charge in [-0.2, -0.15) is 0 Å². The number of hydrogen-bond acceptors (Lipinski definition) is 5. The molecule has 0 unspecified atom stereocenters. The molecule has 2 aromatic rings. The number of methoxy groups -OCH3 is 1. The first-order chi connectivity index (χ1) is 14.6. The Balaban J connectivity index is 1.42. The number of likely N-dealkylation sites (tertiary alicyclic amines) is 1. The van der Waals surface area contributed by atoms with Crippen molar-refractivity contribution in [1.82, 2.24) is 9.88 Å².